The Morgan fingerprint density at radius 3 is 2.67 bits per heavy atom. The highest BCUT2D eigenvalue weighted by Gasteiger charge is 2.24. The highest BCUT2D eigenvalue weighted by Crippen LogP contribution is 2.13. The second-order valence-corrected chi connectivity index (χ2v) is 4.47. The fraction of sp³-hybridized carbons (Fsp3) is 1.00. The van der Waals surface area contributed by atoms with Crippen molar-refractivity contribution in [2.24, 2.45) is 0 Å². The van der Waals surface area contributed by atoms with Crippen LogP contribution < -0.4 is 5.32 Å². The zero-order valence-corrected chi connectivity index (χ0v) is 8.30. The third-order valence-corrected chi connectivity index (χ3v) is 2.32. The molecule has 0 radical (unpaired) electrons. The minimum Gasteiger partial charge on any atom is -0.390 e. The van der Waals surface area contributed by atoms with Gasteiger partial charge in [-0.2, -0.15) is 0 Å². The van der Waals surface area contributed by atoms with Gasteiger partial charge in [0, 0.05) is 31.7 Å². The molecule has 1 rings (SSSR count). The lowest BCUT2D eigenvalue weighted by Crippen LogP contribution is -2.45. The first-order valence-electron chi connectivity index (χ1n) is 4.64. The molecule has 0 aliphatic carbocycles. The molecule has 0 aromatic carbocycles. The average molecular weight is 172 g/mol. The van der Waals surface area contributed by atoms with Crippen LogP contribution in [0, 0.1) is 0 Å². The molecular weight excluding hydrogens is 152 g/mol. The van der Waals surface area contributed by atoms with Gasteiger partial charge >= 0.3 is 0 Å². The molecule has 72 valence electrons. The number of nitrogens with zero attached hydrogens (tertiary/aromatic N) is 1. The molecule has 0 bridgehead atoms. The van der Waals surface area contributed by atoms with Crippen LogP contribution in [0.1, 0.15) is 20.8 Å². The minimum absolute atomic E-state index is 0.174. The molecule has 1 heterocycles. The molecular formula is C9H20N2O. The molecule has 0 aromatic heterocycles. The standard InChI is InChI=1S/C9H20N2O/c1-9(2,3)11-5-4-10-6-8(12)7-11/h8,10,12H,4-7H2,1-3H3/t8-/m1/s1. The zero-order chi connectivity index (χ0) is 9.19. The summed E-state index contributed by atoms with van der Waals surface area (Å²) >= 11 is 0. The zero-order valence-electron chi connectivity index (χ0n) is 8.30. The Balaban J connectivity index is 2.52. The van der Waals surface area contributed by atoms with E-state index in [1.807, 2.05) is 0 Å². The summed E-state index contributed by atoms with van der Waals surface area (Å²) in [6.45, 7) is 10.1. The number of β-amino-alcohol motifs (C(OH)–C–C–N with tert-alkyl or cyclic N) is 1. The monoisotopic (exact) mass is 172 g/mol. The SMILES string of the molecule is CC(C)(C)N1CCNC[C@@H](O)C1. The summed E-state index contributed by atoms with van der Waals surface area (Å²) in [5.74, 6) is 0. The van der Waals surface area contributed by atoms with Gasteiger partial charge in [0.05, 0.1) is 6.10 Å². The maximum absolute atomic E-state index is 9.52. The summed E-state index contributed by atoms with van der Waals surface area (Å²) in [4.78, 5) is 2.32. The Morgan fingerprint density at radius 2 is 2.08 bits per heavy atom. The predicted molar refractivity (Wildman–Crippen MR) is 50.2 cm³/mol. The second kappa shape index (κ2) is 3.73. The van der Waals surface area contributed by atoms with E-state index in [0.717, 1.165) is 26.2 Å². The number of hydrogen-bond donors (Lipinski definition) is 2. The number of nitrogens with one attached hydrogen (secondary N) is 1. The van der Waals surface area contributed by atoms with Crippen molar-refractivity contribution >= 4 is 0 Å². The van der Waals surface area contributed by atoms with Crippen molar-refractivity contribution in [1.82, 2.24) is 10.2 Å². The smallest absolute Gasteiger partial charge is 0.0791 e. The van der Waals surface area contributed by atoms with Crippen LogP contribution in [-0.2, 0) is 0 Å². The molecule has 0 unspecified atom stereocenters. The largest absolute Gasteiger partial charge is 0.390 e. The third-order valence-electron chi connectivity index (χ3n) is 2.32. The second-order valence-electron chi connectivity index (χ2n) is 4.47. The van der Waals surface area contributed by atoms with Gasteiger partial charge < -0.3 is 10.4 Å². The normalized spacial score (nSPS) is 28.5. The van der Waals surface area contributed by atoms with Gasteiger partial charge in [-0.25, -0.2) is 0 Å². The number of rotatable bonds is 0. The van der Waals surface area contributed by atoms with E-state index in [1.54, 1.807) is 0 Å². The molecule has 2 N–H and O–H groups in total. The van der Waals surface area contributed by atoms with E-state index >= 15 is 0 Å². The van der Waals surface area contributed by atoms with Crippen LogP contribution in [0.2, 0.25) is 0 Å². The molecule has 3 heteroatoms. The van der Waals surface area contributed by atoms with Crippen molar-refractivity contribution < 1.29 is 5.11 Å². The van der Waals surface area contributed by atoms with Crippen LogP contribution in [0.4, 0.5) is 0 Å². The lowest BCUT2D eigenvalue weighted by molar-refractivity contribution is 0.0769. The molecule has 3 nitrogen and oxygen atoms in total. The van der Waals surface area contributed by atoms with Gasteiger partial charge in [-0.15, -0.1) is 0 Å². The Bertz CT molecular complexity index is 142. The molecule has 1 aliphatic rings. The minimum atomic E-state index is -0.216. The maximum Gasteiger partial charge on any atom is 0.0791 e. The van der Waals surface area contributed by atoms with E-state index in [1.165, 1.54) is 0 Å². The molecule has 12 heavy (non-hydrogen) atoms. The molecule has 1 atom stereocenters. The first-order valence-corrected chi connectivity index (χ1v) is 4.64. The van der Waals surface area contributed by atoms with Crippen LogP contribution >= 0.6 is 0 Å². The van der Waals surface area contributed by atoms with Crippen LogP contribution in [0.5, 0.6) is 0 Å². The topological polar surface area (TPSA) is 35.5 Å². The van der Waals surface area contributed by atoms with Crippen molar-refractivity contribution in [3.8, 4) is 0 Å². The van der Waals surface area contributed by atoms with Gasteiger partial charge in [-0.05, 0) is 20.8 Å². The van der Waals surface area contributed by atoms with Crippen LogP contribution in [0.3, 0.4) is 0 Å². The third kappa shape index (κ3) is 2.73. The van der Waals surface area contributed by atoms with Gasteiger partial charge in [-0.1, -0.05) is 0 Å². The Kier molecular flexibility index (Phi) is 3.09. The lowest BCUT2D eigenvalue weighted by atomic mass is 10.1. The summed E-state index contributed by atoms with van der Waals surface area (Å²) < 4.78 is 0. The van der Waals surface area contributed by atoms with E-state index in [-0.39, 0.29) is 11.6 Å². The van der Waals surface area contributed by atoms with E-state index in [0.29, 0.717) is 0 Å². The summed E-state index contributed by atoms with van der Waals surface area (Å²) in [5, 5.41) is 12.7. The first-order chi connectivity index (χ1) is 5.50. The van der Waals surface area contributed by atoms with E-state index in [4.69, 9.17) is 0 Å². The Labute approximate surface area is 74.8 Å². The van der Waals surface area contributed by atoms with Gasteiger partial charge in [0.1, 0.15) is 0 Å². The van der Waals surface area contributed by atoms with E-state index in [9.17, 15) is 5.11 Å². The number of hydrogen-bond acceptors (Lipinski definition) is 3. The van der Waals surface area contributed by atoms with Crippen molar-refractivity contribution in [3.63, 3.8) is 0 Å². The molecule has 0 amide bonds. The molecule has 0 saturated carbocycles. The van der Waals surface area contributed by atoms with Crippen molar-refractivity contribution in [3.05, 3.63) is 0 Å². The van der Waals surface area contributed by atoms with Gasteiger partial charge in [0.15, 0.2) is 0 Å². The lowest BCUT2D eigenvalue weighted by Gasteiger charge is -2.35. The summed E-state index contributed by atoms with van der Waals surface area (Å²) in [6, 6.07) is 0. The molecule has 1 aliphatic heterocycles. The molecule has 0 aromatic rings. The van der Waals surface area contributed by atoms with Crippen molar-refractivity contribution in [2.45, 2.75) is 32.4 Å². The highest BCUT2D eigenvalue weighted by molar-refractivity contribution is 4.82. The first kappa shape index (κ1) is 9.96. The van der Waals surface area contributed by atoms with Crippen LogP contribution in [0.25, 0.3) is 0 Å². The number of aliphatic hydroxyl groups excluding tert-OH is 1. The van der Waals surface area contributed by atoms with Gasteiger partial charge in [0.25, 0.3) is 0 Å². The maximum atomic E-state index is 9.52. The summed E-state index contributed by atoms with van der Waals surface area (Å²) in [6.07, 6.45) is -0.216. The fourth-order valence-corrected chi connectivity index (χ4v) is 1.50. The summed E-state index contributed by atoms with van der Waals surface area (Å²) in [7, 11) is 0. The average Bonchev–Trinajstić information content (AvgIpc) is 2.11. The molecule has 1 fully saturated rings. The van der Waals surface area contributed by atoms with Gasteiger partial charge in [0.2, 0.25) is 0 Å². The van der Waals surface area contributed by atoms with Crippen LogP contribution in [-0.4, -0.2) is 47.8 Å². The van der Waals surface area contributed by atoms with Gasteiger partial charge in [-0.3, -0.25) is 4.90 Å². The quantitative estimate of drug-likeness (QED) is 0.542. The Hall–Kier alpha value is -0.120. The Morgan fingerprint density at radius 1 is 1.42 bits per heavy atom. The molecule has 0 spiro atoms. The molecule has 1 saturated heterocycles. The van der Waals surface area contributed by atoms with Crippen LogP contribution in [0.15, 0.2) is 0 Å². The summed E-state index contributed by atoms with van der Waals surface area (Å²) in [5.41, 5.74) is 0.174. The van der Waals surface area contributed by atoms with Crippen molar-refractivity contribution in [1.29, 1.82) is 0 Å². The van der Waals surface area contributed by atoms with E-state index in [2.05, 4.69) is 31.0 Å². The number of aliphatic hydroxyl groups is 1. The highest BCUT2D eigenvalue weighted by atomic mass is 16.3. The predicted octanol–water partition coefficient (Wildman–Crippen LogP) is 0.0510. The van der Waals surface area contributed by atoms with Crippen molar-refractivity contribution in [2.75, 3.05) is 26.2 Å². The fourth-order valence-electron chi connectivity index (χ4n) is 1.50. The van der Waals surface area contributed by atoms with E-state index < -0.39 is 0 Å².